The number of ether oxygens (including phenoxy) is 2. The van der Waals surface area contributed by atoms with Crippen LogP contribution in [0.25, 0.3) is 6.08 Å². The Morgan fingerprint density at radius 2 is 1.53 bits per heavy atom. The normalized spacial score (nSPS) is 11.2. The molecule has 0 spiro atoms. The van der Waals surface area contributed by atoms with E-state index >= 15 is 0 Å². The molecule has 6 nitrogen and oxygen atoms in total. The second-order valence-electron chi connectivity index (χ2n) is 9.65. The van der Waals surface area contributed by atoms with Gasteiger partial charge >= 0.3 is 5.97 Å². The molecule has 1 amide bonds. The second-order valence-corrected chi connectivity index (χ2v) is 10.8. The van der Waals surface area contributed by atoms with Gasteiger partial charge in [0.2, 0.25) is 0 Å². The number of benzene rings is 4. The van der Waals surface area contributed by atoms with Crippen molar-refractivity contribution in [3.05, 3.63) is 137 Å². The molecule has 0 heterocycles. The van der Waals surface area contributed by atoms with Gasteiger partial charge in [0.25, 0.3) is 5.91 Å². The molecule has 0 aliphatic heterocycles. The molecule has 43 heavy (non-hydrogen) atoms. The first kappa shape index (κ1) is 31.5. The van der Waals surface area contributed by atoms with Gasteiger partial charge in [-0.3, -0.25) is 14.5 Å². The van der Waals surface area contributed by atoms with Crippen molar-refractivity contribution >= 4 is 47.1 Å². The molecule has 4 rings (SSSR count). The molecule has 0 atom stereocenters. The Balaban J connectivity index is 1.67. The Morgan fingerprint density at radius 3 is 2.09 bits per heavy atom. The summed E-state index contributed by atoms with van der Waals surface area (Å²) in [4.78, 5) is 25.2. The number of amides is 1. The molecule has 0 bridgehead atoms. The van der Waals surface area contributed by atoms with Crippen LogP contribution in [0.3, 0.4) is 0 Å². The van der Waals surface area contributed by atoms with Crippen LogP contribution in [0.4, 0.5) is 4.39 Å². The first-order valence-corrected chi connectivity index (χ1v) is 14.3. The minimum atomic E-state index is -1.21. The smallest absolute Gasteiger partial charge is 0.323 e. The molecule has 0 saturated heterocycles. The molecular weight excluding hydrogens is 586 g/mol. The molecule has 1 N–H and O–H groups in total. The molecule has 220 valence electrons. The summed E-state index contributed by atoms with van der Waals surface area (Å²) in [6.07, 6.45) is 1.72. The summed E-state index contributed by atoms with van der Waals surface area (Å²) in [7, 11) is 0. The van der Waals surface area contributed by atoms with E-state index < -0.39 is 24.5 Å². The van der Waals surface area contributed by atoms with Crippen LogP contribution < -0.4 is 9.47 Å². The fraction of sp³-hybridized carbons (Fsp3) is 0.147. The van der Waals surface area contributed by atoms with Crippen molar-refractivity contribution in [2.45, 2.75) is 19.4 Å². The van der Waals surface area contributed by atoms with Crippen molar-refractivity contribution < 1.29 is 28.6 Å². The summed E-state index contributed by atoms with van der Waals surface area (Å²) >= 11 is 9.00. The maximum absolute atomic E-state index is 13.3. The maximum Gasteiger partial charge on any atom is 0.323 e. The van der Waals surface area contributed by atoms with Crippen LogP contribution in [-0.4, -0.2) is 39.4 Å². The van der Waals surface area contributed by atoms with E-state index in [1.54, 1.807) is 43.3 Å². The third-order valence-electron chi connectivity index (χ3n) is 6.47. The van der Waals surface area contributed by atoms with Crippen LogP contribution in [0.1, 0.15) is 35.3 Å². The molecule has 0 unspecified atom stereocenters. The highest BCUT2D eigenvalue weighted by Crippen LogP contribution is 2.36. The zero-order valence-electron chi connectivity index (χ0n) is 23.4. The summed E-state index contributed by atoms with van der Waals surface area (Å²) in [5, 5.41) is 9.19. The first-order chi connectivity index (χ1) is 20.7. The molecule has 0 saturated carbocycles. The van der Waals surface area contributed by atoms with Gasteiger partial charge in [-0.15, -0.1) is 12.6 Å². The topological polar surface area (TPSA) is 76.1 Å². The van der Waals surface area contributed by atoms with E-state index in [2.05, 4.69) is 12.6 Å². The van der Waals surface area contributed by atoms with Crippen molar-refractivity contribution in [2.75, 3.05) is 13.2 Å². The van der Waals surface area contributed by atoms with Gasteiger partial charge in [-0.25, -0.2) is 4.39 Å². The summed E-state index contributed by atoms with van der Waals surface area (Å²) in [6, 6.07) is 31.1. The van der Waals surface area contributed by atoms with E-state index in [0.29, 0.717) is 30.1 Å². The molecule has 0 aliphatic carbocycles. The number of carboxylic acid groups (broad SMARTS) is 1. The number of nitrogens with zero attached hydrogens (tertiary/aromatic N) is 1. The van der Waals surface area contributed by atoms with Crippen LogP contribution >= 0.6 is 24.8 Å². The minimum Gasteiger partial charge on any atom is -0.489 e. The summed E-state index contributed by atoms with van der Waals surface area (Å²) in [5.74, 6) is -1.14. The van der Waals surface area contributed by atoms with Crippen molar-refractivity contribution in [1.82, 2.24) is 4.90 Å². The first-order valence-electron chi connectivity index (χ1n) is 13.4. The van der Waals surface area contributed by atoms with Crippen LogP contribution in [0, 0.1) is 5.82 Å². The average Bonchev–Trinajstić information content (AvgIpc) is 3.00. The van der Waals surface area contributed by atoms with E-state index in [-0.39, 0.29) is 15.7 Å². The molecule has 9 heteroatoms. The fourth-order valence-electron chi connectivity index (χ4n) is 4.35. The molecule has 0 aromatic heterocycles. The molecule has 4 aromatic rings. The third kappa shape index (κ3) is 9.01. The number of carbonyl (C=O) groups excluding carboxylic acids is 1. The van der Waals surface area contributed by atoms with Crippen molar-refractivity contribution in [3.8, 4) is 11.5 Å². The lowest BCUT2D eigenvalue weighted by Gasteiger charge is -2.22. The number of hydrogen-bond donors (Lipinski definition) is 2. The standard InChI is InChI=1S/C34H30FNO5S2/c1-23(33(39)36(34(42)43)22-31(37)38)20-25-14-17-29(40-19-18-24-12-15-28(35)16-13-24)30(21-25)41-32(26-8-4-2-5-9-26)27-10-6-3-7-11-27/h2-17,20-21,32H,18-19,22H2,1H3,(H,37,38)(H,42,43)/b23-20+. The number of carboxylic acids is 1. The number of carbonyl (C=O) groups is 2. The van der Waals surface area contributed by atoms with Crippen LogP contribution in [-0.2, 0) is 16.0 Å². The Morgan fingerprint density at radius 1 is 0.930 bits per heavy atom. The van der Waals surface area contributed by atoms with Gasteiger partial charge in [0.1, 0.15) is 22.8 Å². The maximum atomic E-state index is 13.3. The predicted octanol–water partition coefficient (Wildman–Crippen LogP) is 7.15. The molecule has 0 aliphatic rings. The highest BCUT2D eigenvalue weighted by molar-refractivity contribution is 8.11. The van der Waals surface area contributed by atoms with E-state index in [1.165, 1.54) is 12.1 Å². The number of thiol groups is 1. The molecular formula is C34H30FNO5S2. The molecule has 0 fully saturated rings. The van der Waals surface area contributed by atoms with E-state index in [1.807, 2.05) is 60.7 Å². The second kappa shape index (κ2) is 15.1. The van der Waals surface area contributed by atoms with Crippen LogP contribution in [0.15, 0.2) is 109 Å². The molecule has 0 radical (unpaired) electrons. The van der Waals surface area contributed by atoms with E-state index in [0.717, 1.165) is 21.6 Å². The fourth-order valence-corrected chi connectivity index (χ4v) is 4.66. The van der Waals surface area contributed by atoms with Gasteiger partial charge in [0, 0.05) is 12.0 Å². The highest BCUT2D eigenvalue weighted by atomic mass is 32.1. The Bertz CT molecular complexity index is 1560. The zero-order valence-corrected chi connectivity index (χ0v) is 25.1. The van der Waals surface area contributed by atoms with Crippen LogP contribution in [0.5, 0.6) is 11.5 Å². The van der Waals surface area contributed by atoms with Crippen LogP contribution in [0.2, 0.25) is 0 Å². The quantitative estimate of drug-likeness (QED) is 0.100. The van der Waals surface area contributed by atoms with Crippen molar-refractivity contribution in [1.29, 1.82) is 0 Å². The van der Waals surface area contributed by atoms with Gasteiger partial charge in [-0.05, 0) is 59.5 Å². The van der Waals surface area contributed by atoms with Gasteiger partial charge < -0.3 is 14.6 Å². The third-order valence-corrected chi connectivity index (χ3v) is 6.93. The number of thiocarbonyl (C=S) groups is 1. The van der Waals surface area contributed by atoms with E-state index in [4.69, 9.17) is 21.7 Å². The number of aliphatic carboxylic acids is 1. The average molecular weight is 616 g/mol. The highest BCUT2D eigenvalue weighted by Gasteiger charge is 2.22. The molecule has 4 aromatic carbocycles. The lowest BCUT2D eigenvalue weighted by molar-refractivity contribution is -0.140. The Hall–Kier alpha value is -4.47. The SMILES string of the molecule is C/C(=C\c1ccc(OCCc2ccc(F)cc2)c(OC(c2ccccc2)c2ccccc2)c1)C(=O)N(CC(=O)O)C(=S)S. The zero-order chi connectivity index (χ0) is 30.8. The largest absolute Gasteiger partial charge is 0.489 e. The van der Waals surface area contributed by atoms with E-state index in [9.17, 15) is 19.1 Å². The van der Waals surface area contributed by atoms with Crippen molar-refractivity contribution in [3.63, 3.8) is 0 Å². The number of rotatable bonds is 12. The summed E-state index contributed by atoms with van der Waals surface area (Å²) < 4.78 is 26.0. The van der Waals surface area contributed by atoms with Crippen molar-refractivity contribution in [2.24, 2.45) is 0 Å². The van der Waals surface area contributed by atoms with Gasteiger partial charge in [-0.1, -0.05) is 91.1 Å². The van der Waals surface area contributed by atoms with Gasteiger partial charge in [0.15, 0.2) is 11.5 Å². The lowest BCUT2D eigenvalue weighted by atomic mass is 10.0. The number of halogens is 1. The Labute approximate surface area is 260 Å². The monoisotopic (exact) mass is 615 g/mol. The Kier molecular flexibility index (Phi) is 11.1. The number of hydrogen-bond acceptors (Lipinski definition) is 5. The van der Waals surface area contributed by atoms with Gasteiger partial charge in [-0.2, -0.15) is 0 Å². The predicted molar refractivity (Wildman–Crippen MR) is 172 cm³/mol. The summed E-state index contributed by atoms with van der Waals surface area (Å²) in [5.41, 5.74) is 3.69. The summed E-state index contributed by atoms with van der Waals surface area (Å²) in [6.45, 7) is 1.30. The van der Waals surface area contributed by atoms with Gasteiger partial charge in [0.05, 0.1) is 6.61 Å². The lowest BCUT2D eigenvalue weighted by Crippen LogP contribution is -2.37. The minimum absolute atomic E-state index is 0.136.